The van der Waals surface area contributed by atoms with Crippen molar-refractivity contribution < 1.29 is 49.0 Å². The molecule has 0 aromatic rings. The van der Waals surface area contributed by atoms with Crippen molar-refractivity contribution in [3.8, 4) is 0 Å². The van der Waals surface area contributed by atoms with E-state index in [9.17, 15) is 14.7 Å². The van der Waals surface area contributed by atoms with Crippen LogP contribution in [0.3, 0.4) is 0 Å². The Labute approximate surface area is 187 Å². The first-order chi connectivity index (χ1) is 12.7. The first-order valence-corrected chi connectivity index (χ1v) is 10.7. The maximum absolute atomic E-state index is 12.1. The van der Waals surface area contributed by atoms with Crippen molar-refractivity contribution in [1.82, 2.24) is 0 Å². The second-order valence-electron chi connectivity index (χ2n) is 7.52. The fourth-order valence-corrected chi connectivity index (χ4v) is 3.74. The molecule has 1 rings (SSSR count). The van der Waals surface area contributed by atoms with Gasteiger partial charge >= 0.3 is 35.5 Å². The Morgan fingerprint density at radius 3 is 1.96 bits per heavy atom. The Bertz CT molecular complexity index is 423. The zero-order valence-electron chi connectivity index (χ0n) is 17.5. The molecule has 1 saturated carbocycles. The van der Waals surface area contributed by atoms with Gasteiger partial charge in [-0.25, -0.2) is 0 Å². The van der Waals surface area contributed by atoms with Crippen LogP contribution in [0, 0.1) is 11.8 Å². The number of rotatable bonds is 14. The summed E-state index contributed by atoms with van der Waals surface area (Å²) in [4.78, 5) is 23.2. The Hall–Kier alpha value is -0.320. The van der Waals surface area contributed by atoms with Crippen molar-refractivity contribution in [2.75, 3.05) is 6.61 Å². The molecule has 0 aliphatic heterocycles. The molecule has 0 amide bonds. The van der Waals surface area contributed by atoms with E-state index >= 15 is 0 Å². The molecule has 4 nitrogen and oxygen atoms in total. The van der Waals surface area contributed by atoms with E-state index in [2.05, 4.69) is 19.1 Å². The van der Waals surface area contributed by atoms with E-state index in [0.29, 0.717) is 19.4 Å². The van der Waals surface area contributed by atoms with Gasteiger partial charge in [0.15, 0.2) is 0 Å². The van der Waals surface area contributed by atoms with Gasteiger partial charge in [0.25, 0.3) is 0 Å². The van der Waals surface area contributed by atoms with Crippen LogP contribution < -0.4 is 34.7 Å². The van der Waals surface area contributed by atoms with E-state index in [1.54, 1.807) is 0 Å². The van der Waals surface area contributed by atoms with E-state index < -0.39 is 17.8 Å². The number of aliphatic carboxylic acids is 1. The maximum atomic E-state index is 12.1. The van der Waals surface area contributed by atoms with Crippen molar-refractivity contribution in [3.05, 3.63) is 12.2 Å². The predicted molar refractivity (Wildman–Crippen MR) is 102 cm³/mol. The summed E-state index contributed by atoms with van der Waals surface area (Å²) in [5.74, 6) is -2.60. The molecule has 2 atom stereocenters. The molecule has 150 valence electrons. The second kappa shape index (κ2) is 17.8. The van der Waals surface area contributed by atoms with Crippen LogP contribution in [-0.4, -0.2) is 18.5 Å². The van der Waals surface area contributed by atoms with Gasteiger partial charge in [-0.1, -0.05) is 69.9 Å². The van der Waals surface area contributed by atoms with Crippen LogP contribution in [0.2, 0.25) is 0 Å². The standard InChI is InChI=1S/C22H38O4.Na/c1-2-3-4-5-6-7-8-9-10-11-12-15-18-26-22(25)20-17-14-13-16-19(20)21(23)24;/h2-3,19-20H,4-18H2,1H3,(H,23,24);/q;+1/p-1/b3-2+;. The van der Waals surface area contributed by atoms with Crippen molar-refractivity contribution >= 4 is 11.9 Å². The van der Waals surface area contributed by atoms with Crippen LogP contribution in [0.15, 0.2) is 12.2 Å². The predicted octanol–water partition coefficient (Wildman–Crippen LogP) is 1.57. The van der Waals surface area contributed by atoms with Gasteiger partial charge in [-0.05, 0) is 39.0 Å². The summed E-state index contributed by atoms with van der Waals surface area (Å²) in [6, 6.07) is 0. The molecule has 0 N–H and O–H groups in total. The molecule has 2 unspecified atom stereocenters. The SMILES string of the molecule is C/C=C/CCCCCCCCCCCOC(=O)C1CCCCC1C(=O)[O-].[Na+]. The summed E-state index contributed by atoms with van der Waals surface area (Å²) >= 11 is 0. The molecule has 5 heteroatoms. The normalized spacial score (nSPS) is 19.6. The van der Waals surface area contributed by atoms with Crippen LogP contribution in [-0.2, 0) is 14.3 Å². The van der Waals surface area contributed by atoms with E-state index in [4.69, 9.17) is 4.74 Å². The molecule has 0 spiro atoms. The summed E-state index contributed by atoms with van der Waals surface area (Å²) in [7, 11) is 0. The molecule has 1 aliphatic carbocycles. The monoisotopic (exact) mass is 388 g/mol. The average molecular weight is 389 g/mol. The summed E-state index contributed by atoms with van der Waals surface area (Å²) in [5, 5.41) is 11.1. The Kier molecular flexibility index (Phi) is 17.5. The third-order valence-electron chi connectivity index (χ3n) is 5.37. The fraction of sp³-hybridized carbons (Fsp3) is 0.818. The van der Waals surface area contributed by atoms with Crippen LogP contribution >= 0.6 is 0 Å². The van der Waals surface area contributed by atoms with Crippen molar-refractivity contribution in [2.45, 2.75) is 96.8 Å². The van der Waals surface area contributed by atoms with Gasteiger partial charge in [0, 0.05) is 11.9 Å². The molecular weight excluding hydrogens is 351 g/mol. The van der Waals surface area contributed by atoms with Crippen LogP contribution in [0.5, 0.6) is 0 Å². The molecule has 0 aromatic heterocycles. The Balaban J connectivity index is 0.00000676. The molecule has 1 fully saturated rings. The Morgan fingerprint density at radius 2 is 1.41 bits per heavy atom. The van der Waals surface area contributed by atoms with Crippen molar-refractivity contribution in [2.24, 2.45) is 11.8 Å². The topological polar surface area (TPSA) is 66.4 Å². The largest absolute Gasteiger partial charge is 1.00 e. The first kappa shape index (κ1) is 26.7. The number of allylic oxidation sites excluding steroid dienone is 2. The molecule has 1 aliphatic rings. The third kappa shape index (κ3) is 12.7. The molecule has 0 aromatic carbocycles. The zero-order valence-corrected chi connectivity index (χ0v) is 19.5. The van der Waals surface area contributed by atoms with Crippen LogP contribution in [0.1, 0.15) is 96.8 Å². The maximum Gasteiger partial charge on any atom is 1.00 e. The molecule has 0 radical (unpaired) electrons. The summed E-state index contributed by atoms with van der Waals surface area (Å²) in [6.45, 7) is 2.49. The van der Waals surface area contributed by atoms with Gasteiger partial charge in [0.1, 0.15) is 0 Å². The summed E-state index contributed by atoms with van der Waals surface area (Å²) in [5.41, 5.74) is 0. The van der Waals surface area contributed by atoms with Crippen molar-refractivity contribution in [1.29, 1.82) is 0 Å². The van der Waals surface area contributed by atoms with Crippen molar-refractivity contribution in [3.63, 3.8) is 0 Å². The van der Waals surface area contributed by atoms with E-state index in [1.807, 2.05) is 0 Å². The molecular formula is C22H37NaO4. The van der Waals surface area contributed by atoms with Gasteiger partial charge < -0.3 is 14.6 Å². The smallest absolute Gasteiger partial charge is 0.550 e. The van der Waals surface area contributed by atoms with E-state index in [1.165, 1.54) is 51.4 Å². The summed E-state index contributed by atoms with van der Waals surface area (Å²) in [6.07, 6.45) is 19.4. The number of hydrogen-bond acceptors (Lipinski definition) is 4. The quantitative estimate of drug-likeness (QED) is 0.196. The van der Waals surface area contributed by atoms with Gasteiger partial charge in [0.2, 0.25) is 0 Å². The van der Waals surface area contributed by atoms with E-state index in [-0.39, 0.29) is 35.5 Å². The molecule has 0 saturated heterocycles. The third-order valence-corrected chi connectivity index (χ3v) is 5.37. The first-order valence-electron chi connectivity index (χ1n) is 10.7. The number of carboxylic acids is 1. The molecule has 27 heavy (non-hydrogen) atoms. The van der Waals surface area contributed by atoms with Crippen LogP contribution in [0.4, 0.5) is 0 Å². The summed E-state index contributed by atoms with van der Waals surface area (Å²) < 4.78 is 5.32. The minimum atomic E-state index is -1.10. The van der Waals surface area contributed by atoms with E-state index in [0.717, 1.165) is 25.7 Å². The number of unbranched alkanes of at least 4 members (excludes halogenated alkanes) is 9. The number of esters is 1. The van der Waals surface area contributed by atoms with Crippen LogP contribution in [0.25, 0.3) is 0 Å². The number of carbonyl (C=O) groups excluding carboxylic acids is 2. The number of hydrogen-bond donors (Lipinski definition) is 0. The van der Waals surface area contributed by atoms with Gasteiger partial charge in [-0.2, -0.15) is 0 Å². The second-order valence-corrected chi connectivity index (χ2v) is 7.52. The Morgan fingerprint density at radius 1 is 0.889 bits per heavy atom. The van der Waals surface area contributed by atoms with Gasteiger partial charge in [-0.3, -0.25) is 4.79 Å². The number of carboxylic acid groups (broad SMARTS) is 1. The molecule has 0 bridgehead atoms. The average Bonchev–Trinajstić information content (AvgIpc) is 2.65. The van der Waals surface area contributed by atoms with Gasteiger partial charge in [0.05, 0.1) is 12.5 Å². The minimum Gasteiger partial charge on any atom is -0.550 e. The minimum absolute atomic E-state index is 0. The fourth-order valence-electron chi connectivity index (χ4n) is 3.74. The number of carbonyl (C=O) groups is 2. The number of ether oxygens (including phenoxy) is 1. The zero-order chi connectivity index (χ0) is 19.0. The van der Waals surface area contributed by atoms with Gasteiger partial charge in [-0.15, -0.1) is 0 Å². The molecule has 0 heterocycles.